The molecule has 1 heterocycles. The monoisotopic (exact) mass is 399 g/mol. The van der Waals surface area contributed by atoms with Crippen molar-refractivity contribution in [2.24, 2.45) is 0 Å². The summed E-state index contributed by atoms with van der Waals surface area (Å²) >= 11 is 1.21. The molecule has 0 atom stereocenters. The Bertz CT molecular complexity index is 909. The van der Waals surface area contributed by atoms with Gasteiger partial charge in [0.15, 0.2) is 6.61 Å². The van der Waals surface area contributed by atoms with E-state index in [4.69, 9.17) is 9.47 Å². The van der Waals surface area contributed by atoms with Crippen LogP contribution in [0, 0.1) is 18.3 Å². The van der Waals surface area contributed by atoms with Gasteiger partial charge in [0.05, 0.1) is 18.9 Å². The fourth-order valence-electron chi connectivity index (χ4n) is 3.19. The van der Waals surface area contributed by atoms with Gasteiger partial charge in [0, 0.05) is 5.56 Å². The van der Waals surface area contributed by atoms with E-state index >= 15 is 0 Å². The first-order valence-electron chi connectivity index (χ1n) is 8.97. The highest BCUT2D eigenvalue weighted by Gasteiger charge is 2.35. The standard InChI is InChI=1S/C20H21N3O4S/c1-13-17(28-18(22-13)14-5-7-15(26-2)8-6-14)19(25)27-11-16(24)23-20(12-21)9-3-4-10-20/h5-8H,3-4,9-11H2,1-2H3,(H,23,24). The molecule has 1 N–H and O–H groups in total. The molecule has 8 heteroatoms. The fourth-order valence-corrected chi connectivity index (χ4v) is 4.15. The largest absolute Gasteiger partial charge is 0.497 e. The fraction of sp³-hybridized carbons (Fsp3) is 0.400. The number of rotatable bonds is 6. The quantitative estimate of drug-likeness (QED) is 0.749. The van der Waals surface area contributed by atoms with Crippen molar-refractivity contribution in [2.45, 2.75) is 38.1 Å². The second kappa shape index (κ2) is 8.40. The summed E-state index contributed by atoms with van der Waals surface area (Å²) in [6.07, 6.45) is 3.06. The Morgan fingerprint density at radius 3 is 2.57 bits per heavy atom. The van der Waals surface area contributed by atoms with E-state index in [9.17, 15) is 14.9 Å². The number of hydrogen-bond donors (Lipinski definition) is 1. The van der Waals surface area contributed by atoms with Gasteiger partial charge in [-0.2, -0.15) is 5.26 Å². The van der Waals surface area contributed by atoms with Crippen LogP contribution in [0.25, 0.3) is 10.6 Å². The van der Waals surface area contributed by atoms with Gasteiger partial charge in [-0.1, -0.05) is 0 Å². The van der Waals surface area contributed by atoms with Crippen molar-refractivity contribution >= 4 is 23.2 Å². The van der Waals surface area contributed by atoms with E-state index in [0.717, 1.165) is 24.2 Å². The SMILES string of the molecule is COc1ccc(-c2nc(C)c(C(=O)OCC(=O)NC3(C#N)CCCC3)s2)cc1. The molecule has 0 radical (unpaired) electrons. The zero-order valence-corrected chi connectivity index (χ0v) is 16.6. The average molecular weight is 399 g/mol. The van der Waals surface area contributed by atoms with Crippen LogP contribution in [0.15, 0.2) is 24.3 Å². The number of carbonyl (C=O) groups is 2. The van der Waals surface area contributed by atoms with Gasteiger partial charge in [0.25, 0.3) is 5.91 Å². The Hall–Kier alpha value is -2.92. The number of aromatic nitrogens is 1. The lowest BCUT2D eigenvalue weighted by atomic mass is 10.00. The van der Waals surface area contributed by atoms with Crippen LogP contribution >= 0.6 is 11.3 Å². The van der Waals surface area contributed by atoms with Gasteiger partial charge < -0.3 is 14.8 Å². The number of nitriles is 1. The first-order chi connectivity index (χ1) is 13.5. The molecule has 3 rings (SSSR count). The summed E-state index contributed by atoms with van der Waals surface area (Å²) in [6.45, 7) is 1.31. The number of methoxy groups -OCH3 is 1. The first-order valence-corrected chi connectivity index (χ1v) is 9.79. The molecule has 0 unspecified atom stereocenters. The van der Waals surface area contributed by atoms with Crippen molar-refractivity contribution in [3.05, 3.63) is 34.8 Å². The molecule has 1 saturated carbocycles. The summed E-state index contributed by atoms with van der Waals surface area (Å²) in [5.41, 5.74) is 0.583. The third-order valence-electron chi connectivity index (χ3n) is 4.70. The Morgan fingerprint density at radius 2 is 1.96 bits per heavy atom. The molecule has 28 heavy (non-hydrogen) atoms. The molecule has 0 saturated heterocycles. The van der Waals surface area contributed by atoms with Gasteiger partial charge in [-0.15, -0.1) is 11.3 Å². The van der Waals surface area contributed by atoms with E-state index in [0.29, 0.717) is 28.4 Å². The van der Waals surface area contributed by atoms with Crippen molar-refractivity contribution < 1.29 is 19.1 Å². The third-order valence-corrected chi connectivity index (χ3v) is 5.89. The zero-order chi connectivity index (χ0) is 20.1. The Labute approximate surface area is 167 Å². The van der Waals surface area contributed by atoms with Crippen molar-refractivity contribution in [2.75, 3.05) is 13.7 Å². The third kappa shape index (κ3) is 4.31. The Kier molecular flexibility index (Phi) is 5.95. The normalized spacial score (nSPS) is 14.9. The molecular formula is C20H21N3O4S. The van der Waals surface area contributed by atoms with Crippen molar-refractivity contribution in [1.82, 2.24) is 10.3 Å². The lowest BCUT2D eigenvalue weighted by molar-refractivity contribution is -0.125. The van der Waals surface area contributed by atoms with Crippen LogP contribution in [-0.4, -0.2) is 36.1 Å². The maximum atomic E-state index is 12.4. The van der Waals surface area contributed by atoms with Crippen LogP contribution in [-0.2, 0) is 9.53 Å². The molecule has 1 aliphatic carbocycles. The summed E-state index contributed by atoms with van der Waals surface area (Å²) in [5, 5.41) is 12.7. The van der Waals surface area contributed by atoms with Crippen LogP contribution in [0.4, 0.5) is 0 Å². The molecular weight excluding hydrogens is 378 g/mol. The van der Waals surface area contributed by atoms with Crippen molar-refractivity contribution in [1.29, 1.82) is 5.26 Å². The predicted molar refractivity (Wildman–Crippen MR) is 104 cm³/mol. The highest BCUT2D eigenvalue weighted by atomic mass is 32.1. The Balaban J connectivity index is 1.62. The van der Waals surface area contributed by atoms with Crippen molar-refractivity contribution in [3.63, 3.8) is 0 Å². The summed E-state index contributed by atoms with van der Waals surface area (Å²) in [7, 11) is 1.60. The number of amides is 1. The highest BCUT2D eigenvalue weighted by molar-refractivity contribution is 7.17. The molecule has 0 bridgehead atoms. The summed E-state index contributed by atoms with van der Waals surface area (Å²) in [5.74, 6) is -0.322. The topological polar surface area (TPSA) is 101 Å². The number of ether oxygens (including phenoxy) is 2. The number of nitrogens with zero attached hydrogens (tertiary/aromatic N) is 2. The minimum absolute atomic E-state index is 0.356. The Morgan fingerprint density at radius 1 is 1.29 bits per heavy atom. The van der Waals surface area contributed by atoms with E-state index < -0.39 is 24.0 Å². The molecule has 1 aliphatic rings. The summed E-state index contributed by atoms with van der Waals surface area (Å²) in [6, 6.07) is 9.55. The van der Waals surface area contributed by atoms with Gasteiger partial charge in [-0.3, -0.25) is 4.79 Å². The lowest BCUT2D eigenvalue weighted by Crippen LogP contribution is -2.46. The van der Waals surface area contributed by atoms with Crippen LogP contribution in [0.1, 0.15) is 41.0 Å². The van der Waals surface area contributed by atoms with E-state index in [1.807, 2.05) is 24.3 Å². The number of benzene rings is 1. The number of carbonyl (C=O) groups excluding carboxylic acids is 2. The van der Waals surface area contributed by atoms with E-state index in [1.54, 1.807) is 14.0 Å². The van der Waals surface area contributed by atoms with E-state index in [2.05, 4.69) is 16.4 Å². The van der Waals surface area contributed by atoms with Crippen LogP contribution in [0.5, 0.6) is 5.75 Å². The average Bonchev–Trinajstić information content (AvgIpc) is 3.33. The number of aryl methyl sites for hydroxylation is 1. The molecule has 146 valence electrons. The van der Waals surface area contributed by atoms with Gasteiger partial charge in [0.1, 0.15) is 21.2 Å². The molecule has 1 fully saturated rings. The van der Waals surface area contributed by atoms with E-state index in [1.165, 1.54) is 11.3 Å². The number of esters is 1. The van der Waals surface area contributed by atoms with Crippen LogP contribution < -0.4 is 10.1 Å². The van der Waals surface area contributed by atoms with Gasteiger partial charge >= 0.3 is 5.97 Å². The molecule has 1 amide bonds. The first kappa shape index (κ1) is 19.8. The summed E-state index contributed by atoms with van der Waals surface area (Å²) in [4.78, 5) is 29.3. The minimum Gasteiger partial charge on any atom is -0.497 e. The van der Waals surface area contributed by atoms with Crippen LogP contribution in [0.3, 0.4) is 0 Å². The minimum atomic E-state index is -0.828. The number of nitrogens with one attached hydrogen (secondary N) is 1. The molecule has 0 spiro atoms. The van der Waals surface area contributed by atoms with Crippen molar-refractivity contribution in [3.8, 4) is 22.4 Å². The number of thiazole rings is 1. The molecule has 1 aromatic carbocycles. The number of hydrogen-bond acceptors (Lipinski definition) is 7. The summed E-state index contributed by atoms with van der Waals surface area (Å²) < 4.78 is 10.3. The van der Waals surface area contributed by atoms with Gasteiger partial charge in [-0.25, -0.2) is 9.78 Å². The smallest absolute Gasteiger partial charge is 0.350 e. The molecule has 2 aromatic rings. The van der Waals surface area contributed by atoms with Gasteiger partial charge in [0.2, 0.25) is 0 Å². The maximum Gasteiger partial charge on any atom is 0.350 e. The zero-order valence-electron chi connectivity index (χ0n) is 15.8. The molecule has 7 nitrogen and oxygen atoms in total. The molecule has 0 aliphatic heterocycles. The predicted octanol–water partition coefficient (Wildman–Crippen LogP) is 3.24. The second-order valence-electron chi connectivity index (χ2n) is 6.69. The van der Waals surface area contributed by atoms with Crippen LogP contribution in [0.2, 0.25) is 0 Å². The van der Waals surface area contributed by atoms with E-state index in [-0.39, 0.29) is 0 Å². The second-order valence-corrected chi connectivity index (χ2v) is 7.69. The lowest BCUT2D eigenvalue weighted by Gasteiger charge is -2.21. The molecule has 1 aromatic heterocycles. The van der Waals surface area contributed by atoms with Gasteiger partial charge in [-0.05, 0) is 56.9 Å². The highest BCUT2D eigenvalue weighted by Crippen LogP contribution is 2.30. The maximum absolute atomic E-state index is 12.4.